The van der Waals surface area contributed by atoms with Crippen LogP contribution in [-0.2, 0) is 4.74 Å². The lowest BCUT2D eigenvalue weighted by molar-refractivity contribution is -0.0552. The molecule has 0 aromatic carbocycles. The number of rotatable bonds is 3. The van der Waals surface area contributed by atoms with Gasteiger partial charge < -0.3 is 20.7 Å². The second-order valence-electron chi connectivity index (χ2n) is 7.68. The zero-order chi connectivity index (χ0) is 20.8. The van der Waals surface area contributed by atoms with E-state index in [4.69, 9.17) is 15.5 Å². The molecule has 0 aliphatic carbocycles. The van der Waals surface area contributed by atoms with E-state index in [0.717, 1.165) is 18.4 Å². The summed E-state index contributed by atoms with van der Waals surface area (Å²) in [5.41, 5.74) is 6.33. The van der Waals surface area contributed by atoms with Gasteiger partial charge in [0.1, 0.15) is 28.2 Å². The van der Waals surface area contributed by atoms with Crippen molar-refractivity contribution in [2.45, 2.75) is 37.3 Å². The van der Waals surface area contributed by atoms with E-state index < -0.39 is 11.4 Å². The summed E-state index contributed by atoms with van der Waals surface area (Å²) in [6, 6.07) is 1.30. The van der Waals surface area contributed by atoms with Gasteiger partial charge in [-0.2, -0.15) is 0 Å². The van der Waals surface area contributed by atoms with Gasteiger partial charge in [0, 0.05) is 24.1 Å². The Morgan fingerprint density at radius 2 is 2.31 bits per heavy atom. The van der Waals surface area contributed by atoms with Crippen molar-refractivity contribution in [1.29, 1.82) is 0 Å². The van der Waals surface area contributed by atoms with Crippen LogP contribution in [0.25, 0.3) is 0 Å². The van der Waals surface area contributed by atoms with Crippen LogP contribution in [0.15, 0.2) is 28.5 Å². The van der Waals surface area contributed by atoms with Crippen LogP contribution >= 0.6 is 23.5 Å². The molecular weight excluding hydrogens is 413 g/mol. The molecule has 7 nitrogen and oxygen atoms in total. The van der Waals surface area contributed by atoms with Crippen LogP contribution in [-0.4, -0.2) is 57.4 Å². The summed E-state index contributed by atoms with van der Waals surface area (Å²) in [5, 5.41) is 5.35. The lowest BCUT2D eigenvalue weighted by atomic mass is 9.79. The molecule has 0 spiro atoms. The first kappa shape index (κ1) is 20.5. The molecule has 0 saturated carbocycles. The van der Waals surface area contributed by atoms with E-state index in [1.54, 1.807) is 30.4 Å². The Morgan fingerprint density at radius 1 is 1.52 bits per heavy atom. The summed E-state index contributed by atoms with van der Waals surface area (Å²) in [5.74, 6) is 1.08. The van der Waals surface area contributed by atoms with Crippen molar-refractivity contribution in [3.8, 4) is 0 Å². The van der Waals surface area contributed by atoms with Crippen LogP contribution in [0.2, 0.25) is 0 Å². The summed E-state index contributed by atoms with van der Waals surface area (Å²) in [6.45, 7) is 4.25. The molecular formula is C19H24FN5O2S2. The SMILES string of the molecule is Cc1cc(F)cnc1C(=O)NC1=CSC(C23COC(C)CC2CSC(N)=N3)N1C. The van der Waals surface area contributed by atoms with Crippen molar-refractivity contribution in [3.05, 3.63) is 40.6 Å². The number of halogens is 1. The minimum atomic E-state index is -0.464. The lowest BCUT2D eigenvalue weighted by Gasteiger charge is -2.50. The van der Waals surface area contributed by atoms with E-state index in [2.05, 4.69) is 17.2 Å². The molecule has 10 heteroatoms. The van der Waals surface area contributed by atoms with Crippen molar-refractivity contribution in [2.24, 2.45) is 16.6 Å². The Balaban J connectivity index is 1.54. The Bertz CT molecular complexity index is 895. The topological polar surface area (TPSA) is 92.8 Å². The van der Waals surface area contributed by atoms with Gasteiger partial charge in [-0.1, -0.05) is 11.8 Å². The predicted molar refractivity (Wildman–Crippen MR) is 114 cm³/mol. The number of hydrogen-bond donors (Lipinski definition) is 2. The number of aliphatic imine (C=N–C) groups is 1. The van der Waals surface area contributed by atoms with Crippen LogP contribution in [0.1, 0.15) is 29.4 Å². The number of nitrogens with two attached hydrogens (primary N) is 1. The van der Waals surface area contributed by atoms with Gasteiger partial charge in [-0.15, -0.1) is 11.8 Å². The maximum atomic E-state index is 13.3. The zero-order valence-electron chi connectivity index (χ0n) is 16.5. The molecule has 4 heterocycles. The lowest BCUT2D eigenvalue weighted by Crippen LogP contribution is -2.61. The number of hydrogen-bond acceptors (Lipinski definition) is 8. The van der Waals surface area contributed by atoms with E-state index in [1.165, 1.54) is 6.07 Å². The van der Waals surface area contributed by atoms with E-state index in [0.29, 0.717) is 29.1 Å². The van der Waals surface area contributed by atoms with Crippen molar-refractivity contribution < 1.29 is 13.9 Å². The van der Waals surface area contributed by atoms with Crippen molar-refractivity contribution >= 4 is 34.6 Å². The fraction of sp³-hybridized carbons (Fsp3) is 0.526. The van der Waals surface area contributed by atoms with E-state index >= 15 is 0 Å². The number of fused-ring (bicyclic) bond motifs is 1. The van der Waals surface area contributed by atoms with Crippen LogP contribution < -0.4 is 11.1 Å². The number of carbonyl (C=O) groups is 1. The summed E-state index contributed by atoms with van der Waals surface area (Å²) in [4.78, 5) is 23.5. The Kier molecular flexibility index (Phi) is 5.52. The number of amides is 1. The van der Waals surface area contributed by atoms with E-state index in [-0.39, 0.29) is 23.1 Å². The normalized spacial score (nSPS) is 31.7. The maximum absolute atomic E-state index is 13.3. The highest BCUT2D eigenvalue weighted by molar-refractivity contribution is 8.13. The van der Waals surface area contributed by atoms with Crippen molar-refractivity contribution in [2.75, 3.05) is 19.4 Å². The van der Waals surface area contributed by atoms with Gasteiger partial charge in [0.15, 0.2) is 5.17 Å². The number of amidine groups is 1. The second kappa shape index (κ2) is 7.81. The third-order valence-electron chi connectivity index (χ3n) is 5.64. The first-order valence-corrected chi connectivity index (χ1v) is 11.3. The number of thioether (sulfide) groups is 2. The monoisotopic (exact) mass is 437 g/mol. The molecule has 3 N–H and O–H groups in total. The smallest absolute Gasteiger partial charge is 0.275 e. The molecule has 3 aliphatic heterocycles. The number of aryl methyl sites for hydroxylation is 1. The predicted octanol–water partition coefficient (Wildman–Crippen LogP) is 2.29. The van der Waals surface area contributed by atoms with Gasteiger partial charge in [-0.25, -0.2) is 9.37 Å². The van der Waals surface area contributed by atoms with Crippen molar-refractivity contribution in [1.82, 2.24) is 15.2 Å². The first-order chi connectivity index (χ1) is 13.8. The van der Waals surface area contributed by atoms with Crippen molar-refractivity contribution in [3.63, 3.8) is 0 Å². The second-order valence-corrected chi connectivity index (χ2v) is 9.68. The highest BCUT2D eigenvalue weighted by atomic mass is 32.2. The summed E-state index contributed by atoms with van der Waals surface area (Å²) < 4.78 is 19.3. The molecule has 1 aromatic rings. The third kappa shape index (κ3) is 3.73. The van der Waals surface area contributed by atoms with Gasteiger partial charge in [-0.3, -0.25) is 9.79 Å². The van der Waals surface area contributed by atoms with E-state index in [1.807, 2.05) is 17.4 Å². The maximum Gasteiger partial charge on any atom is 0.275 e. The molecule has 1 aromatic heterocycles. The molecule has 1 fully saturated rings. The fourth-order valence-electron chi connectivity index (χ4n) is 4.11. The fourth-order valence-corrected chi connectivity index (χ4v) is 6.47. The minimum Gasteiger partial charge on any atom is -0.379 e. The molecule has 156 valence electrons. The number of carbonyl (C=O) groups excluding carboxylic acids is 1. The Morgan fingerprint density at radius 3 is 3.07 bits per heavy atom. The number of nitrogens with zero attached hydrogens (tertiary/aromatic N) is 3. The van der Waals surface area contributed by atoms with Crippen LogP contribution in [0.5, 0.6) is 0 Å². The molecule has 0 radical (unpaired) electrons. The largest absolute Gasteiger partial charge is 0.379 e. The highest BCUT2D eigenvalue weighted by Gasteiger charge is 2.54. The Labute approximate surface area is 177 Å². The molecule has 29 heavy (non-hydrogen) atoms. The summed E-state index contributed by atoms with van der Waals surface area (Å²) in [6.07, 6.45) is 2.17. The van der Waals surface area contributed by atoms with Gasteiger partial charge >= 0.3 is 0 Å². The number of ether oxygens (including phenoxy) is 1. The number of aromatic nitrogens is 1. The quantitative estimate of drug-likeness (QED) is 0.749. The molecule has 4 unspecified atom stereocenters. The number of likely N-dealkylation sites (N-methyl/N-ethyl adjacent to an activating group) is 1. The van der Waals surface area contributed by atoms with Gasteiger partial charge in [0.05, 0.1) is 18.9 Å². The van der Waals surface area contributed by atoms with Gasteiger partial charge in [0.25, 0.3) is 5.91 Å². The number of pyridine rings is 1. The third-order valence-corrected chi connectivity index (χ3v) is 7.94. The van der Waals surface area contributed by atoms with Gasteiger partial charge in [-0.05, 0) is 31.9 Å². The molecule has 1 amide bonds. The zero-order valence-corrected chi connectivity index (χ0v) is 18.1. The molecule has 4 atom stereocenters. The van der Waals surface area contributed by atoms with E-state index in [9.17, 15) is 9.18 Å². The average molecular weight is 438 g/mol. The molecule has 3 aliphatic rings. The standard InChI is InChI=1S/C19H24FN5O2S2/c1-10-4-13(20)6-22-15(10)16(26)23-14-8-28-17(25(14)3)19-9-27-11(2)5-12(19)7-29-18(21)24-19/h4,6,8,11-12,17H,5,7,9H2,1-3H3,(H2,21,24)(H,23,26). The van der Waals surface area contributed by atoms with Crippen LogP contribution in [0, 0.1) is 18.7 Å². The molecule has 0 bridgehead atoms. The Hall–Kier alpha value is -1.78. The van der Waals surface area contributed by atoms with Gasteiger partial charge in [0.2, 0.25) is 0 Å². The average Bonchev–Trinajstić information content (AvgIpc) is 3.03. The minimum absolute atomic E-state index is 0.0444. The number of nitrogens with one attached hydrogen (secondary N) is 1. The molecule has 4 rings (SSSR count). The van der Waals surface area contributed by atoms with Crippen LogP contribution in [0.4, 0.5) is 4.39 Å². The molecule has 1 saturated heterocycles. The van der Waals surface area contributed by atoms with Crippen LogP contribution in [0.3, 0.4) is 0 Å². The summed E-state index contributed by atoms with van der Waals surface area (Å²) >= 11 is 3.20. The first-order valence-electron chi connectivity index (χ1n) is 9.42. The highest BCUT2D eigenvalue weighted by Crippen LogP contribution is 2.48. The summed E-state index contributed by atoms with van der Waals surface area (Å²) in [7, 11) is 1.93.